The Labute approximate surface area is 194 Å². The van der Waals surface area contributed by atoms with Crippen molar-refractivity contribution in [3.05, 3.63) is 53.9 Å². The number of benzene rings is 1. The summed E-state index contributed by atoms with van der Waals surface area (Å²) in [6, 6.07) is 4.91. The van der Waals surface area contributed by atoms with Gasteiger partial charge in [-0.05, 0) is 81.2 Å². The molecule has 3 heterocycles. The van der Waals surface area contributed by atoms with Gasteiger partial charge in [-0.25, -0.2) is 28.3 Å². The molecule has 1 atom stereocenters. The van der Waals surface area contributed by atoms with Gasteiger partial charge in [0, 0.05) is 24.6 Å². The molecule has 4 N–H and O–H groups in total. The summed E-state index contributed by atoms with van der Waals surface area (Å²) in [6.07, 6.45) is 12.2. The van der Waals surface area contributed by atoms with Gasteiger partial charge in [0.15, 0.2) is 0 Å². The lowest BCUT2D eigenvalue weighted by molar-refractivity contribution is 0.101. The van der Waals surface area contributed by atoms with E-state index in [1.807, 2.05) is 19.1 Å². The summed E-state index contributed by atoms with van der Waals surface area (Å²) in [5, 5.41) is 11.3. The number of hydrogen-bond acceptors (Lipinski definition) is 7. The minimum atomic E-state index is -3.84. The molecule has 0 radical (unpaired) electrons. The van der Waals surface area contributed by atoms with Crippen molar-refractivity contribution in [1.82, 2.24) is 15.3 Å². The van der Waals surface area contributed by atoms with Crippen molar-refractivity contribution >= 4 is 27.8 Å². The maximum atomic E-state index is 12.0. The topological polar surface area (TPSA) is 136 Å². The number of sulfonamides is 1. The van der Waals surface area contributed by atoms with E-state index in [0.29, 0.717) is 30.2 Å². The highest BCUT2D eigenvalue weighted by Gasteiger charge is 2.14. The number of nitrogens with zero attached hydrogens (tertiary/aromatic N) is 2. The van der Waals surface area contributed by atoms with Crippen molar-refractivity contribution in [2.24, 2.45) is 5.14 Å². The molecule has 1 aromatic heterocycles. The quantitative estimate of drug-likeness (QED) is 0.538. The molecule has 0 saturated carbocycles. The van der Waals surface area contributed by atoms with Crippen LogP contribution in [0.4, 0.5) is 16.4 Å². The van der Waals surface area contributed by atoms with Gasteiger partial charge in [-0.3, -0.25) is 0 Å². The maximum absolute atomic E-state index is 12.0. The monoisotopic (exact) mass is 473 g/mol. The van der Waals surface area contributed by atoms with E-state index in [1.54, 1.807) is 24.5 Å². The van der Waals surface area contributed by atoms with Crippen molar-refractivity contribution in [2.75, 3.05) is 11.9 Å². The summed E-state index contributed by atoms with van der Waals surface area (Å²) in [7, 11) is -3.84. The Hall–Kier alpha value is -2.98. The number of hydrogen-bond donors (Lipinski definition) is 3. The van der Waals surface area contributed by atoms with Crippen molar-refractivity contribution in [1.29, 1.82) is 0 Å². The SMILES string of the molecule is C[C@@H]1CCCc2cnc(nc2)Nc2ccc(S(N)(=O)=O)c(c2)CC=CCCCCNC(=O)O1. The fourth-order valence-corrected chi connectivity index (χ4v) is 4.32. The highest BCUT2D eigenvalue weighted by molar-refractivity contribution is 7.89. The van der Waals surface area contributed by atoms with Crippen LogP contribution < -0.4 is 15.8 Å². The molecule has 10 heteroatoms. The zero-order valence-corrected chi connectivity index (χ0v) is 19.6. The smallest absolute Gasteiger partial charge is 0.407 e. The standard InChI is InChI=1S/C23H31N5O4S/c1-17-8-7-9-18-15-26-22(27-16-18)28-20-11-12-21(33(24,30)31)19(14-20)10-5-3-2-4-6-13-25-23(29)32-17/h3,5,11-12,14-17H,2,4,6-10,13H2,1H3,(H,25,29)(H2,24,30,31)(H,26,27,28)/t17-/m1/s1. The highest BCUT2D eigenvalue weighted by atomic mass is 32.2. The Balaban J connectivity index is 1.78. The zero-order valence-electron chi connectivity index (χ0n) is 18.8. The first-order chi connectivity index (χ1) is 15.8. The number of rotatable bonds is 1. The number of anilines is 2. The number of aromatic nitrogens is 2. The van der Waals surface area contributed by atoms with E-state index in [2.05, 4.69) is 20.6 Å². The molecule has 2 aliphatic rings. The molecule has 33 heavy (non-hydrogen) atoms. The molecule has 0 fully saturated rings. The molecule has 4 rings (SSSR count). The average molecular weight is 474 g/mol. The molecular formula is C23H31N5O4S. The fourth-order valence-electron chi connectivity index (χ4n) is 3.55. The molecule has 0 unspecified atom stereocenters. The molecule has 0 spiro atoms. The highest BCUT2D eigenvalue weighted by Crippen LogP contribution is 2.22. The summed E-state index contributed by atoms with van der Waals surface area (Å²) >= 11 is 0. The van der Waals surface area contributed by atoms with Crippen LogP contribution in [0.3, 0.4) is 0 Å². The third-order valence-corrected chi connectivity index (χ3v) is 6.30. The molecule has 9 nitrogen and oxygen atoms in total. The van der Waals surface area contributed by atoms with Gasteiger partial charge in [-0.2, -0.15) is 0 Å². The lowest BCUT2D eigenvalue weighted by Crippen LogP contribution is -2.28. The molecule has 0 aliphatic carbocycles. The second kappa shape index (κ2) is 11.8. The Morgan fingerprint density at radius 2 is 1.91 bits per heavy atom. The maximum Gasteiger partial charge on any atom is 0.407 e. The third-order valence-electron chi connectivity index (χ3n) is 5.28. The first-order valence-electron chi connectivity index (χ1n) is 11.1. The van der Waals surface area contributed by atoms with E-state index in [1.165, 1.54) is 6.07 Å². The van der Waals surface area contributed by atoms with Crippen LogP contribution >= 0.6 is 0 Å². The van der Waals surface area contributed by atoms with Crippen LogP contribution in [0, 0.1) is 0 Å². The van der Waals surface area contributed by atoms with E-state index < -0.39 is 16.1 Å². The van der Waals surface area contributed by atoms with E-state index in [0.717, 1.165) is 44.1 Å². The number of fused-ring (bicyclic) bond motifs is 14. The van der Waals surface area contributed by atoms with Crippen LogP contribution in [0.25, 0.3) is 0 Å². The molecule has 1 aromatic carbocycles. The molecule has 4 bridgehead atoms. The minimum Gasteiger partial charge on any atom is -0.447 e. The van der Waals surface area contributed by atoms with Crippen LogP contribution in [0.1, 0.15) is 50.2 Å². The number of alkyl carbamates (subject to hydrolysis) is 1. The number of carbonyl (C=O) groups is 1. The predicted octanol–water partition coefficient (Wildman–Crippen LogP) is 3.59. The second-order valence-corrected chi connectivity index (χ2v) is 9.64. The third kappa shape index (κ3) is 8.14. The van der Waals surface area contributed by atoms with Crippen molar-refractivity contribution in [2.45, 2.75) is 62.9 Å². The molecule has 1 amide bonds. The van der Waals surface area contributed by atoms with Crippen LogP contribution in [0.15, 0.2) is 47.6 Å². The number of carbonyl (C=O) groups excluding carboxylic acids is 1. The van der Waals surface area contributed by atoms with E-state index in [9.17, 15) is 13.2 Å². The largest absolute Gasteiger partial charge is 0.447 e. The average Bonchev–Trinajstić information content (AvgIpc) is 2.75. The Morgan fingerprint density at radius 1 is 1.12 bits per heavy atom. The molecule has 2 aromatic rings. The predicted molar refractivity (Wildman–Crippen MR) is 127 cm³/mol. The van der Waals surface area contributed by atoms with Gasteiger partial charge < -0.3 is 15.4 Å². The Kier molecular flexibility index (Phi) is 8.79. The lowest BCUT2D eigenvalue weighted by Gasteiger charge is -2.14. The number of nitrogens with one attached hydrogen (secondary N) is 2. The van der Waals surface area contributed by atoms with Crippen LogP contribution in [-0.2, 0) is 27.6 Å². The zero-order chi connectivity index (χ0) is 23.7. The lowest BCUT2D eigenvalue weighted by atomic mass is 10.1. The van der Waals surface area contributed by atoms with Crippen LogP contribution in [-0.4, -0.2) is 37.1 Å². The van der Waals surface area contributed by atoms with E-state index in [4.69, 9.17) is 9.88 Å². The van der Waals surface area contributed by atoms with Gasteiger partial charge in [0.05, 0.1) is 4.90 Å². The van der Waals surface area contributed by atoms with Crippen molar-refractivity contribution in [3.63, 3.8) is 0 Å². The van der Waals surface area contributed by atoms with E-state index >= 15 is 0 Å². The number of primary sulfonamides is 1. The molecule has 2 aliphatic heterocycles. The molecule has 178 valence electrons. The minimum absolute atomic E-state index is 0.0976. The summed E-state index contributed by atoms with van der Waals surface area (Å²) in [6.45, 7) is 2.44. The van der Waals surface area contributed by atoms with Crippen LogP contribution in [0.2, 0.25) is 0 Å². The fraction of sp³-hybridized carbons (Fsp3) is 0.435. The van der Waals surface area contributed by atoms with Crippen molar-refractivity contribution < 1.29 is 17.9 Å². The summed E-state index contributed by atoms with van der Waals surface area (Å²) in [5.74, 6) is 0.416. The van der Waals surface area contributed by atoms with Gasteiger partial charge in [-0.1, -0.05) is 12.2 Å². The summed E-state index contributed by atoms with van der Waals surface area (Å²) < 4.78 is 29.4. The molecular weight excluding hydrogens is 442 g/mol. The van der Waals surface area contributed by atoms with E-state index in [-0.39, 0.29) is 11.0 Å². The van der Waals surface area contributed by atoms with Gasteiger partial charge in [0.1, 0.15) is 6.10 Å². The first-order valence-corrected chi connectivity index (χ1v) is 12.7. The normalized spacial score (nSPS) is 18.8. The summed E-state index contributed by atoms with van der Waals surface area (Å²) in [4.78, 5) is 20.7. The number of allylic oxidation sites excluding steroid dienone is 2. The number of amides is 1. The van der Waals surface area contributed by atoms with Gasteiger partial charge in [-0.15, -0.1) is 0 Å². The van der Waals surface area contributed by atoms with Crippen LogP contribution in [0.5, 0.6) is 0 Å². The van der Waals surface area contributed by atoms with Gasteiger partial charge in [0.2, 0.25) is 16.0 Å². The first kappa shape index (κ1) is 24.7. The Morgan fingerprint density at radius 3 is 2.67 bits per heavy atom. The number of nitrogens with two attached hydrogens (primary N) is 1. The van der Waals surface area contributed by atoms with Gasteiger partial charge in [0.25, 0.3) is 0 Å². The second-order valence-electron chi connectivity index (χ2n) is 8.11. The van der Waals surface area contributed by atoms with Crippen molar-refractivity contribution in [3.8, 4) is 0 Å². The molecule has 0 saturated heterocycles. The number of aryl methyl sites for hydroxylation is 1. The Bertz CT molecular complexity index is 1070. The van der Waals surface area contributed by atoms with Gasteiger partial charge >= 0.3 is 6.09 Å². The summed E-state index contributed by atoms with van der Waals surface area (Å²) in [5.41, 5.74) is 2.26. The number of ether oxygens (including phenoxy) is 1.